The zero-order valence-electron chi connectivity index (χ0n) is 13.5. The smallest absolute Gasteiger partial charge is 0.421 e. The van der Waals surface area contributed by atoms with Crippen LogP contribution in [0.3, 0.4) is 0 Å². The van der Waals surface area contributed by atoms with Crippen molar-refractivity contribution in [3.63, 3.8) is 0 Å². The normalized spacial score (nSPS) is 11.2. The van der Waals surface area contributed by atoms with E-state index in [9.17, 15) is 18.0 Å². The lowest BCUT2D eigenvalue weighted by Gasteiger charge is -2.23. The number of alkyl halides is 3. The molecule has 0 saturated carbocycles. The minimum absolute atomic E-state index is 0.129. The average molecular weight is 390 g/mol. The number of nitrogens with two attached hydrogens (primary N) is 2. The Morgan fingerprint density at radius 2 is 1.96 bits per heavy atom. The van der Waals surface area contributed by atoms with Gasteiger partial charge in [0.15, 0.2) is 0 Å². The number of pyridine rings is 1. The number of carbonyl (C=O) groups excluding carboxylic acids is 1. The van der Waals surface area contributed by atoms with Crippen LogP contribution in [0.4, 0.5) is 23.7 Å². The Hall–Kier alpha value is -2.56. The maximum absolute atomic E-state index is 13.0. The summed E-state index contributed by atoms with van der Waals surface area (Å²) in [6.45, 7) is -0.398. The van der Waals surface area contributed by atoms with E-state index in [1.807, 2.05) is 0 Å². The topological polar surface area (TPSA) is 97.7 Å². The molecule has 1 aromatic carbocycles. The van der Waals surface area contributed by atoms with Gasteiger partial charge >= 0.3 is 12.2 Å². The molecule has 26 heavy (non-hydrogen) atoms. The Labute approximate surface area is 151 Å². The summed E-state index contributed by atoms with van der Waals surface area (Å²) in [7, 11) is 1.28. The fourth-order valence-corrected chi connectivity index (χ4v) is 2.28. The van der Waals surface area contributed by atoms with Crippen LogP contribution in [0.1, 0.15) is 11.1 Å². The van der Waals surface area contributed by atoms with Gasteiger partial charge in [0.05, 0.1) is 5.69 Å². The number of halogens is 4. The first-order chi connectivity index (χ1) is 12.1. The minimum atomic E-state index is -4.63. The maximum atomic E-state index is 13.0. The highest BCUT2D eigenvalue weighted by Gasteiger charge is 2.35. The number of aromatic nitrogens is 1. The number of rotatable bonds is 4. The predicted octanol–water partition coefficient (Wildman–Crippen LogP) is 2.94. The number of benzene rings is 1. The Morgan fingerprint density at radius 1 is 1.27 bits per heavy atom. The van der Waals surface area contributed by atoms with Gasteiger partial charge in [0, 0.05) is 23.8 Å². The van der Waals surface area contributed by atoms with E-state index in [1.54, 1.807) is 0 Å². The van der Waals surface area contributed by atoms with Crippen molar-refractivity contribution in [2.75, 3.05) is 12.1 Å². The van der Waals surface area contributed by atoms with Crippen LogP contribution in [0.5, 0.6) is 5.88 Å². The summed E-state index contributed by atoms with van der Waals surface area (Å²) >= 11 is 6.09. The second-order valence-corrected chi connectivity index (χ2v) is 5.55. The van der Waals surface area contributed by atoms with Gasteiger partial charge in [0.1, 0.15) is 12.2 Å². The summed E-state index contributed by atoms with van der Waals surface area (Å²) in [6, 6.07) is 5.69. The number of hydrogen-bond acceptors (Lipinski definition) is 5. The number of urea groups is 1. The van der Waals surface area contributed by atoms with Crippen LogP contribution in [0, 0.1) is 0 Å². The zero-order chi connectivity index (χ0) is 19.5. The Kier molecular flexibility index (Phi) is 5.90. The molecule has 0 aliphatic heterocycles. The highest BCUT2D eigenvalue weighted by molar-refractivity contribution is 6.31. The SMILES string of the molecule is CN(N)C(=O)N(N)c1cccc(Cl)c1COc1ncccc1C(F)(F)F. The highest BCUT2D eigenvalue weighted by Crippen LogP contribution is 2.35. The summed E-state index contributed by atoms with van der Waals surface area (Å²) in [6.07, 6.45) is -3.47. The molecule has 0 spiro atoms. The van der Waals surface area contributed by atoms with Crippen LogP contribution < -0.4 is 21.4 Å². The third kappa shape index (κ3) is 4.34. The quantitative estimate of drug-likeness (QED) is 0.476. The molecule has 11 heteroatoms. The first-order valence-electron chi connectivity index (χ1n) is 7.12. The lowest BCUT2D eigenvalue weighted by Crippen LogP contribution is -2.49. The van der Waals surface area contributed by atoms with Gasteiger partial charge in [0.25, 0.3) is 0 Å². The number of anilines is 1. The monoisotopic (exact) mass is 389 g/mol. The van der Waals surface area contributed by atoms with Crippen LogP contribution in [0.2, 0.25) is 5.02 Å². The molecule has 1 heterocycles. The molecule has 0 fully saturated rings. The molecular formula is C15H15ClF3N5O2. The largest absolute Gasteiger partial charge is 0.472 e. The molecule has 0 atom stereocenters. The van der Waals surface area contributed by atoms with E-state index in [0.29, 0.717) is 5.01 Å². The number of amides is 2. The van der Waals surface area contributed by atoms with E-state index >= 15 is 0 Å². The third-order valence-electron chi connectivity index (χ3n) is 3.29. The number of carbonyl (C=O) groups is 1. The van der Waals surface area contributed by atoms with E-state index in [-0.39, 0.29) is 16.3 Å². The molecule has 0 radical (unpaired) electrons. The zero-order valence-corrected chi connectivity index (χ0v) is 14.3. The molecule has 2 rings (SSSR count). The molecule has 140 valence electrons. The van der Waals surface area contributed by atoms with Crippen molar-refractivity contribution >= 4 is 23.3 Å². The molecule has 0 saturated heterocycles. The fraction of sp³-hybridized carbons (Fsp3) is 0.200. The van der Waals surface area contributed by atoms with Crippen molar-refractivity contribution in [3.05, 3.63) is 52.7 Å². The van der Waals surface area contributed by atoms with E-state index < -0.39 is 30.3 Å². The van der Waals surface area contributed by atoms with Gasteiger partial charge in [-0.25, -0.2) is 26.5 Å². The predicted molar refractivity (Wildman–Crippen MR) is 89.0 cm³/mol. The molecule has 0 unspecified atom stereocenters. The second-order valence-electron chi connectivity index (χ2n) is 5.14. The first-order valence-corrected chi connectivity index (χ1v) is 7.50. The van der Waals surface area contributed by atoms with Gasteiger partial charge < -0.3 is 4.74 Å². The lowest BCUT2D eigenvalue weighted by atomic mass is 10.2. The van der Waals surface area contributed by atoms with Gasteiger partial charge in [-0.15, -0.1) is 0 Å². The van der Waals surface area contributed by atoms with Gasteiger partial charge in [-0.3, -0.25) is 5.01 Å². The molecule has 1 aromatic heterocycles. The van der Waals surface area contributed by atoms with Crippen molar-refractivity contribution in [2.24, 2.45) is 11.7 Å². The molecule has 0 aliphatic rings. The summed E-state index contributed by atoms with van der Waals surface area (Å²) in [5.74, 6) is 10.5. The van der Waals surface area contributed by atoms with Crippen LogP contribution in [-0.4, -0.2) is 23.1 Å². The van der Waals surface area contributed by atoms with Crippen LogP contribution >= 0.6 is 11.6 Å². The third-order valence-corrected chi connectivity index (χ3v) is 3.65. The Bertz CT molecular complexity index is 801. The molecule has 7 nitrogen and oxygen atoms in total. The second kappa shape index (κ2) is 7.77. The molecule has 0 aliphatic carbocycles. The van der Waals surface area contributed by atoms with Crippen molar-refractivity contribution in [1.29, 1.82) is 0 Å². The summed E-state index contributed by atoms with van der Waals surface area (Å²) in [5.41, 5.74) is -0.703. The Morgan fingerprint density at radius 3 is 2.58 bits per heavy atom. The lowest BCUT2D eigenvalue weighted by molar-refractivity contribution is -0.139. The number of hydrazine groups is 2. The van der Waals surface area contributed by atoms with Gasteiger partial charge in [-0.05, 0) is 24.3 Å². The standard InChI is InChI=1S/C15H15ClF3N5O2/c1-23(20)14(25)24(21)12-6-2-5-11(16)9(12)8-26-13-10(15(17,18)19)4-3-7-22-13/h2-7H,8,20-21H2,1H3. The molecule has 2 amide bonds. The average Bonchev–Trinajstić information content (AvgIpc) is 2.58. The van der Waals surface area contributed by atoms with Crippen LogP contribution in [0.15, 0.2) is 36.5 Å². The summed E-state index contributed by atoms with van der Waals surface area (Å²) < 4.78 is 44.3. The van der Waals surface area contributed by atoms with Gasteiger partial charge in [0.2, 0.25) is 5.88 Å². The van der Waals surface area contributed by atoms with Crippen LogP contribution in [0.25, 0.3) is 0 Å². The van der Waals surface area contributed by atoms with E-state index in [2.05, 4.69) is 4.98 Å². The van der Waals surface area contributed by atoms with E-state index in [1.165, 1.54) is 31.4 Å². The summed E-state index contributed by atoms with van der Waals surface area (Å²) in [5, 5.41) is 1.61. The highest BCUT2D eigenvalue weighted by atomic mass is 35.5. The first kappa shape index (κ1) is 19.8. The van der Waals surface area contributed by atoms with E-state index in [0.717, 1.165) is 17.1 Å². The van der Waals surface area contributed by atoms with Gasteiger partial charge in [-0.1, -0.05) is 17.7 Å². The van der Waals surface area contributed by atoms with Crippen molar-refractivity contribution in [1.82, 2.24) is 9.99 Å². The minimum Gasteiger partial charge on any atom is -0.472 e. The van der Waals surface area contributed by atoms with Crippen molar-refractivity contribution < 1.29 is 22.7 Å². The maximum Gasteiger partial charge on any atom is 0.421 e. The number of nitrogens with zero attached hydrogens (tertiary/aromatic N) is 3. The summed E-state index contributed by atoms with van der Waals surface area (Å²) in [4.78, 5) is 15.5. The number of ether oxygens (including phenoxy) is 1. The van der Waals surface area contributed by atoms with Crippen molar-refractivity contribution in [3.8, 4) is 5.88 Å². The fourth-order valence-electron chi connectivity index (χ4n) is 2.05. The van der Waals surface area contributed by atoms with E-state index in [4.69, 9.17) is 28.0 Å². The van der Waals surface area contributed by atoms with Gasteiger partial charge in [-0.2, -0.15) is 13.2 Å². The number of hydrogen-bond donors (Lipinski definition) is 2. The van der Waals surface area contributed by atoms with Crippen LogP contribution in [-0.2, 0) is 12.8 Å². The van der Waals surface area contributed by atoms with Crippen molar-refractivity contribution in [2.45, 2.75) is 12.8 Å². The molecular weight excluding hydrogens is 375 g/mol. The Balaban J connectivity index is 2.33. The molecule has 0 bridgehead atoms. The molecule has 4 N–H and O–H groups in total. The molecule has 2 aromatic rings.